The van der Waals surface area contributed by atoms with Gasteiger partial charge in [0, 0.05) is 56.1 Å². The topological polar surface area (TPSA) is 94.7 Å². The molecule has 0 radical (unpaired) electrons. The lowest BCUT2D eigenvalue weighted by atomic mass is 9.92. The van der Waals surface area contributed by atoms with Crippen molar-refractivity contribution in [2.24, 2.45) is 15.9 Å². The number of benzene rings is 1. The first kappa shape index (κ1) is 29.5. The van der Waals surface area contributed by atoms with Crippen LogP contribution in [0, 0.1) is 5.92 Å². The molecule has 4 aromatic rings. The summed E-state index contributed by atoms with van der Waals surface area (Å²) in [5.41, 5.74) is 2.19. The van der Waals surface area contributed by atoms with Gasteiger partial charge in [0.15, 0.2) is 5.65 Å². The van der Waals surface area contributed by atoms with Crippen LogP contribution in [0.2, 0.25) is 5.02 Å². The maximum atomic E-state index is 13.9. The number of carbonyl (C=O) groups excluding carboxylic acids is 1. The normalized spacial score (nSPS) is 18.9. The van der Waals surface area contributed by atoms with E-state index >= 15 is 0 Å². The van der Waals surface area contributed by atoms with E-state index in [0.717, 1.165) is 67.1 Å². The van der Waals surface area contributed by atoms with Crippen LogP contribution in [0.1, 0.15) is 42.5 Å². The number of aliphatic imine (C=N–C) groups is 2. The summed E-state index contributed by atoms with van der Waals surface area (Å²) in [4.78, 5) is 46.3. The fraction of sp³-hybridized carbons (Fsp3) is 0.406. The van der Waals surface area contributed by atoms with Crippen molar-refractivity contribution in [3.8, 4) is 0 Å². The van der Waals surface area contributed by atoms with Crippen LogP contribution in [0.4, 0.5) is 5.82 Å². The summed E-state index contributed by atoms with van der Waals surface area (Å²) < 4.78 is 2.87. The van der Waals surface area contributed by atoms with Crippen LogP contribution in [-0.2, 0) is 0 Å². The molecule has 1 aromatic carbocycles. The number of nitrogens with zero attached hydrogens (tertiary/aromatic N) is 6. The lowest BCUT2D eigenvalue weighted by Crippen LogP contribution is -2.37. The van der Waals surface area contributed by atoms with E-state index in [1.165, 1.54) is 24.0 Å². The van der Waals surface area contributed by atoms with Crippen molar-refractivity contribution >= 4 is 72.7 Å². The molecule has 1 atom stereocenters. The molecule has 0 spiro atoms. The molecule has 2 fully saturated rings. The molecule has 1 amide bonds. The zero-order valence-corrected chi connectivity index (χ0v) is 26.1. The average molecular weight is 618 g/mol. The van der Waals surface area contributed by atoms with Gasteiger partial charge in [0.25, 0.3) is 5.91 Å². The summed E-state index contributed by atoms with van der Waals surface area (Å²) in [6.07, 6.45) is 8.31. The van der Waals surface area contributed by atoms with Crippen molar-refractivity contribution in [2.75, 3.05) is 45.2 Å². The number of hydrogen-bond acceptors (Lipinski definition) is 8. The Bertz CT molecular complexity index is 1820. The van der Waals surface area contributed by atoms with Crippen molar-refractivity contribution in [1.82, 2.24) is 19.6 Å². The summed E-state index contributed by atoms with van der Waals surface area (Å²) in [6, 6.07) is 9.79. The molecule has 0 saturated carbocycles. The second-order valence-corrected chi connectivity index (χ2v) is 12.8. The first-order valence-electron chi connectivity index (χ1n) is 14.8. The van der Waals surface area contributed by atoms with E-state index in [2.05, 4.69) is 38.7 Å². The van der Waals surface area contributed by atoms with Crippen LogP contribution in [0.25, 0.3) is 26.1 Å². The molecule has 0 bridgehead atoms. The van der Waals surface area contributed by atoms with E-state index < -0.39 is 0 Å². The van der Waals surface area contributed by atoms with Crippen molar-refractivity contribution < 1.29 is 4.79 Å². The van der Waals surface area contributed by atoms with E-state index in [1.807, 2.05) is 34.7 Å². The summed E-state index contributed by atoms with van der Waals surface area (Å²) in [6.45, 7) is 6.86. The Balaban J connectivity index is 1.36. The summed E-state index contributed by atoms with van der Waals surface area (Å²) in [5, 5.41) is 4.04. The van der Waals surface area contributed by atoms with Gasteiger partial charge in [0.1, 0.15) is 16.2 Å². The number of piperidine rings is 1. The van der Waals surface area contributed by atoms with Gasteiger partial charge in [0.2, 0.25) is 5.43 Å². The number of thiazole rings is 1. The van der Waals surface area contributed by atoms with Gasteiger partial charge >= 0.3 is 0 Å². The Morgan fingerprint density at radius 3 is 2.74 bits per heavy atom. The Hall–Kier alpha value is -3.60. The predicted molar refractivity (Wildman–Crippen MR) is 179 cm³/mol. The number of anilines is 1. The van der Waals surface area contributed by atoms with Gasteiger partial charge in [-0.15, -0.1) is 11.3 Å². The molecule has 9 nitrogen and oxygen atoms in total. The van der Waals surface area contributed by atoms with Gasteiger partial charge in [-0.25, -0.2) is 4.98 Å². The van der Waals surface area contributed by atoms with Crippen LogP contribution in [0.3, 0.4) is 0 Å². The third-order valence-corrected chi connectivity index (χ3v) is 10.2. The third-order valence-electron chi connectivity index (χ3n) is 8.80. The minimum Gasteiger partial charge on any atom is -0.357 e. The van der Waals surface area contributed by atoms with Crippen molar-refractivity contribution in [3.63, 3.8) is 0 Å². The SMILES string of the molecule is C=CN=CC(=NC)C1CCN(c2ccc3c(=O)c(C(=O)NCCC4CCCN4C)c4sc5ccc(Cl)cc5n4c3n2)CC1. The number of rotatable bonds is 8. The minimum absolute atomic E-state index is 0.160. The van der Waals surface area contributed by atoms with Gasteiger partial charge in [-0.2, -0.15) is 0 Å². The van der Waals surface area contributed by atoms with E-state index in [0.29, 0.717) is 39.4 Å². The zero-order valence-electron chi connectivity index (χ0n) is 24.6. The molecule has 1 N–H and O–H groups in total. The van der Waals surface area contributed by atoms with Crippen molar-refractivity contribution in [3.05, 3.63) is 63.9 Å². The van der Waals surface area contributed by atoms with Crippen molar-refractivity contribution in [2.45, 2.75) is 38.1 Å². The Labute approximate surface area is 259 Å². The fourth-order valence-corrected chi connectivity index (χ4v) is 7.77. The maximum Gasteiger partial charge on any atom is 0.258 e. The first-order chi connectivity index (χ1) is 20.9. The van der Waals surface area contributed by atoms with Gasteiger partial charge < -0.3 is 15.1 Å². The van der Waals surface area contributed by atoms with Crippen LogP contribution < -0.4 is 15.6 Å². The smallest absolute Gasteiger partial charge is 0.258 e. The highest BCUT2D eigenvalue weighted by Gasteiger charge is 2.27. The molecule has 2 aliphatic heterocycles. The van der Waals surface area contributed by atoms with Gasteiger partial charge in [-0.05, 0) is 76.0 Å². The minimum atomic E-state index is -0.345. The highest BCUT2D eigenvalue weighted by Crippen LogP contribution is 2.33. The van der Waals surface area contributed by atoms with Gasteiger partial charge in [-0.3, -0.25) is 24.0 Å². The van der Waals surface area contributed by atoms with Gasteiger partial charge in [0.05, 0.1) is 21.3 Å². The Kier molecular flexibility index (Phi) is 8.61. The second-order valence-electron chi connectivity index (χ2n) is 11.3. The number of carbonyl (C=O) groups is 1. The number of amides is 1. The third kappa shape index (κ3) is 5.71. The largest absolute Gasteiger partial charge is 0.357 e. The number of likely N-dealkylation sites (tertiary alicyclic amines) is 1. The summed E-state index contributed by atoms with van der Waals surface area (Å²) >= 11 is 7.85. The fourth-order valence-electron chi connectivity index (χ4n) is 6.44. The number of aromatic nitrogens is 2. The molecule has 2 saturated heterocycles. The van der Waals surface area contributed by atoms with E-state index in [9.17, 15) is 9.59 Å². The predicted octanol–water partition coefficient (Wildman–Crippen LogP) is 5.43. The highest BCUT2D eigenvalue weighted by molar-refractivity contribution is 7.24. The average Bonchev–Trinajstić information content (AvgIpc) is 3.60. The summed E-state index contributed by atoms with van der Waals surface area (Å²) in [5.74, 6) is 0.772. The number of pyridine rings is 2. The maximum absolute atomic E-state index is 13.9. The quantitative estimate of drug-likeness (QED) is 0.266. The molecule has 5 heterocycles. The molecule has 11 heteroatoms. The Morgan fingerprint density at radius 2 is 2.02 bits per heavy atom. The number of fused-ring (bicyclic) bond motifs is 5. The number of nitrogens with one attached hydrogen (secondary N) is 1. The molecular formula is C32H36ClN7O2S. The van der Waals surface area contributed by atoms with E-state index in [4.69, 9.17) is 16.6 Å². The van der Waals surface area contributed by atoms with Crippen LogP contribution in [0.15, 0.2) is 57.9 Å². The zero-order chi connectivity index (χ0) is 30.1. The van der Waals surface area contributed by atoms with Crippen LogP contribution in [0.5, 0.6) is 0 Å². The molecule has 6 rings (SSSR count). The standard InChI is InChI=1S/C32H36ClN7O2S/c1-4-35-19-24(34-2)20-12-16-39(17-13-20)27-10-8-23-29(41)28(31(42)36-14-11-22-6-5-15-38(22)3)32-40(30(23)37-27)25-18-21(33)7-9-26(25)43-32/h4,7-10,18-20,22H,1,5-6,11-17H2,2-3H3,(H,36,42). The number of hydrogen-bond donors (Lipinski definition) is 1. The molecule has 224 valence electrons. The Morgan fingerprint density at radius 1 is 1.21 bits per heavy atom. The molecule has 0 aliphatic carbocycles. The van der Waals surface area contributed by atoms with Crippen molar-refractivity contribution in [1.29, 1.82) is 0 Å². The second kappa shape index (κ2) is 12.6. The summed E-state index contributed by atoms with van der Waals surface area (Å²) in [7, 11) is 3.92. The van der Waals surface area contributed by atoms with Crippen LogP contribution in [-0.4, -0.2) is 78.4 Å². The lowest BCUT2D eigenvalue weighted by Gasteiger charge is -2.32. The van der Waals surface area contributed by atoms with E-state index in [-0.39, 0.29) is 16.9 Å². The monoisotopic (exact) mass is 617 g/mol. The van der Waals surface area contributed by atoms with Crippen LogP contribution >= 0.6 is 22.9 Å². The molecule has 1 unspecified atom stereocenters. The number of halogens is 1. The first-order valence-corrected chi connectivity index (χ1v) is 16.0. The van der Waals surface area contributed by atoms with Gasteiger partial charge in [-0.1, -0.05) is 18.2 Å². The molecule has 43 heavy (non-hydrogen) atoms. The lowest BCUT2D eigenvalue weighted by molar-refractivity contribution is 0.0951. The molecular weight excluding hydrogens is 582 g/mol. The molecule has 3 aromatic heterocycles. The van der Waals surface area contributed by atoms with E-state index in [1.54, 1.807) is 13.3 Å². The molecule has 2 aliphatic rings. The highest BCUT2D eigenvalue weighted by atomic mass is 35.5.